The molecule has 0 bridgehead atoms. The van der Waals surface area contributed by atoms with Crippen molar-refractivity contribution in [1.29, 1.82) is 0 Å². The molecule has 1 aliphatic carbocycles. The first kappa shape index (κ1) is 23.4. The van der Waals surface area contributed by atoms with Gasteiger partial charge in [-0.2, -0.15) is 17.0 Å². The van der Waals surface area contributed by atoms with Crippen LogP contribution in [0.1, 0.15) is 19.3 Å². The summed E-state index contributed by atoms with van der Waals surface area (Å²) in [5.41, 5.74) is 0.335. The van der Waals surface area contributed by atoms with Crippen molar-refractivity contribution < 1.29 is 23.4 Å². The number of aromatic nitrogens is 3. The summed E-state index contributed by atoms with van der Waals surface area (Å²) in [7, 11) is -2.09. The van der Waals surface area contributed by atoms with Gasteiger partial charge in [0.2, 0.25) is 0 Å². The quantitative estimate of drug-likeness (QED) is 0.445. The third kappa shape index (κ3) is 4.05. The second-order valence-corrected chi connectivity index (χ2v) is 11.5. The van der Waals surface area contributed by atoms with Gasteiger partial charge in [0.1, 0.15) is 17.8 Å². The number of piperazine rings is 1. The maximum absolute atomic E-state index is 13.6. The molecule has 2 saturated heterocycles. The van der Waals surface area contributed by atoms with Crippen LogP contribution in [0.5, 0.6) is 0 Å². The lowest BCUT2D eigenvalue weighted by molar-refractivity contribution is -0.141. The molecule has 4 heterocycles. The normalized spacial score (nSPS) is 23.8. The number of rotatable bonds is 7. The van der Waals surface area contributed by atoms with Crippen LogP contribution >= 0.6 is 0 Å². The van der Waals surface area contributed by atoms with Crippen LogP contribution in [-0.4, -0.2) is 118 Å². The summed E-state index contributed by atoms with van der Waals surface area (Å²) >= 11 is 0. The maximum atomic E-state index is 13.6. The van der Waals surface area contributed by atoms with E-state index in [2.05, 4.69) is 19.9 Å². The lowest BCUT2D eigenvalue weighted by atomic mass is 10.1. The first-order chi connectivity index (χ1) is 16.2. The Morgan fingerprint density at radius 1 is 1.32 bits per heavy atom. The van der Waals surface area contributed by atoms with Crippen LogP contribution in [0, 0.1) is 5.92 Å². The second-order valence-electron chi connectivity index (χ2n) is 9.58. The van der Waals surface area contributed by atoms with Crippen molar-refractivity contribution in [3.63, 3.8) is 0 Å². The molecule has 5 rings (SSSR count). The van der Waals surface area contributed by atoms with Gasteiger partial charge < -0.3 is 25.0 Å². The Hall–Kier alpha value is -2.32. The number of fused-ring (bicyclic) bond motifs is 1. The fraction of sp³-hybridized carbons (Fsp3) is 0.667. The molecule has 1 spiro atoms. The van der Waals surface area contributed by atoms with Gasteiger partial charge >= 0.3 is 0 Å². The molecular formula is C21H31N7O5S. The molecule has 3 aliphatic rings. The van der Waals surface area contributed by atoms with E-state index in [9.17, 15) is 18.3 Å². The lowest BCUT2D eigenvalue weighted by Gasteiger charge is -2.43. The molecule has 2 atom stereocenters. The molecule has 0 radical (unpaired) electrons. The molecule has 1 saturated carbocycles. The third-order valence-electron chi connectivity index (χ3n) is 7.29. The molecule has 34 heavy (non-hydrogen) atoms. The predicted octanol–water partition coefficient (Wildman–Crippen LogP) is -1.01. The Morgan fingerprint density at radius 3 is 2.85 bits per heavy atom. The monoisotopic (exact) mass is 493 g/mol. The van der Waals surface area contributed by atoms with Crippen molar-refractivity contribution in [3.05, 3.63) is 18.6 Å². The fourth-order valence-electron chi connectivity index (χ4n) is 5.26. The predicted molar refractivity (Wildman–Crippen MR) is 124 cm³/mol. The number of carbonyl (C=O) groups is 1. The van der Waals surface area contributed by atoms with Crippen LogP contribution in [0.15, 0.2) is 18.6 Å². The summed E-state index contributed by atoms with van der Waals surface area (Å²) in [6, 6.07) is 1.94. The van der Waals surface area contributed by atoms with E-state index in [1.54, 1.807) is 11.4 Å². The number of anilines is 1. The van der Waals surface area contributed by atoms with Gasteiger partial charge in [-0.15, -0.1) is 0 Å². The Morgan fingerprint density at radius 2 is 2.12 bits per heavy atom. The molecule has 2 aromatic heterocycles. The molecule has 2 aromatic rings. The number of carbonyl (C=O) groups excluding carboxylic acids is 1. The van der Waals surface area contributed by atoms with Crippen LogP contribution < -0.4 is 4.90 Å². The second kappa shape index (κ2) is 8.72. The Kier molecular flexibility index (Phi) is 6.01. The number of amides is 1. The number of aliphatic hydroxyl groups excluding tert-OH is 2. The van der Waals surface area contributed by atoms with E-state index in [1.165, 1.54) is 15.5 Å². The van der Waals surface area contributed by atoms with Gasteiger partial charge in [-0.3, -0.25) is 4.79 Å². The zero-order valence-corrected chi connectivity index (χ0v) is 20.0. The lowest BCUT2D eigenvalue weighted by Crippen LogP contribution is -2.60. The zero-order chi connectivity index (χ0) is 24.1. The highest BCUT2D eigenvalue weighted by Crippen LogP contribution is 2.47. The van der Waals surface area contributed by atoms with Crippen molar-refractivity contribution in [3.8, 4) is 0 Å². The average molecular weight is 494 g/mol. The van der Waals surface area contributed by atoms with E-state index in [4.69, 9.17) is 5.11 Å². The zero-order valence-electron chi connectivity index (χ0n) is 19.2. The minimum Gasteiger partial charge on any atom is -0.393 e. The van der Waals surface area contributed by atoms with Crippen molar-refractivity contribution in [2.45, 2.75) is 30.9 Å². The topological polar surface area (TPSA) is 146 Å². The number of nitrogens with one attached hydrogen (secondary N) is 1. The van der Waals surface area contributed by atoms with Crippen molar-refractivity contribution in [2.24, 2.45) is 5.92 Å². The average Bonchev–Trinajstić information content (AvgIpc) is 3.23. The van der Waals surface area contributed by atoms with Crippen molar-refractivity contribution in [1.82, 2.24) is 28.5 Å². The van der Waals surface area contributed by atoms with Crippen LogP contribution in [0.3, 0.4) is 0 Å². The molecule has 3 fully saturated rings. The summed E-state index contributed by atoms with van der Waals surface area (Å²) in [6.07, 6.45) is 4.20. The van der Waals surface area contributed by atoms with E-state index >= 15 is 0 Å². The van der Waals surface area contributed by atoms with Gasteiger partial charge in [0.25, 0.3) is 16.1 Å². The van der Waals surface area contributed by atoms with Crippen LogP contribution in [0.4, 0.5) is 5.82 Å². The van der Waals surface area contributed by atoms with Crippen LogP contribution in [0.2, 0.25) is 0 Å². The minimum absolute atomic E-state index is 0.0195. The molecule has 1 amide bonds. The van der Waals surface area contributed by atoms with Gasteiger partial charge in [0, 0.05) is 52.5 Å². The van der Waals surface area contributed by atoms with E-state index in [1.807, 2.05) is 12.3 Å². The Balaban J connectivity index is 1.25. The molecule has 13 heteroatoms. The summed E-state index contributed by atoms with van der Waals surface area (Å²) in [5, 5.41) is 19.5. The fourth-order valence-corrected chi connectivity index (χ4v) is 7.04. The van der Waals surface area contributed by atoms with Crippen LogP contribution in [0.25, 0.3) is 11.0 Å². The van der Waals surface area contributed by atoms with Crippen LogP contribution in [-0.2, 0) is 15.0 Å². The Bertz CT molecular complexity index is 1170. The molecule has 186 valence electrons. The summed E-state index contributed by atoms with van der Waals surface area (Å²) in [4.78, 5) is 27.6. The standard InChI is InChI=1S/C21H31N7O5S/c1-25(10-15-3-7-26(11-15)20(31)17(30)12-29)34(32,33)28-9-8-27(13-21(28)4-5-21)19-16-2-6-22-18(16)23-14-24-19/h2,6,14-15,17,29-30H,3-5,7-13H2,1H3,(H,22,23,24). The summed E-state index contributed by atoms with van der Waals surface area (Å²) in [6.45, 7) is 2.00. The van der Waals surface area contributed by atoms with E-state index in [-0.39, 0.29) is 5.92 Å². The molecular weight excluding hydrogens is 462 g/mol. The largest absolute Gasteiger partial charge is 0.393 e. The number of hydrogen-bond acceptors (Lipinski definition) is 8. The van der Waals surface area contributed by atoms with Gasteiger partial charge in [-0.1, -0.05) is 0 Å². The molecule has 2 aliphatic heterocycles. The highest BCUT2D eigenvalue weighted by atomic mass is 32.2. The molecule has 0 aromatic carbocycles. The smallest absolute Gasteiger partial charge is 0.282 e. The van der Waals surface area contributed by atoms with E-state index < -0.39 is 34.4 Å². The highest BCUT2D eigenvalue weighted by molar-refractivity contribution is 7.86. The minimum atomic E-state index is -3.68. The summed E-state index contributed by atoms with van der Waals surface area (Å²) < 4.78 is 30.2. The first-order valence-electron chi connectivity index (χ1n) is 11.6. The summed E-state index contributed by atoms with van der Waals surface area (Å²) in [5.74, 6) is 0.294. The SMILES string of the molecule is CN(CC1CCN(C(=O)C(O)CO)C1)S(=O)(=O)N1CCN(c2ncnc3[nH]ccc23)CC12CC2. The van der Waals surface area contributed by atoms with Gasteiger partial charge in [-0.25, -0.2) is 9.97 Å². The Labute approximate surface area is 198 Å². The first-order valence-corrected chi connectivity index (χ1v) is 13.0. The number of nitrogens with zero attached hydrogens (tertiary/aromatic N) is 6. The number of H-pyrrole nitrogens is 1. The van der Waals surface area contributed by atoms with E-state index in [0.29, 0.717) is 45.7 Å². The number of likely N-dealkylation sites (tertiary alicyclic amines) is 1. The van der Waals surface area contributed by atoms with E-state index in [0.717, 1.165) is 29.7 Å². The van der Waals surface area contributed by atoms with Crippen molar-refractivity contribution in [2.75, 3.05) is 57.8 Å². The number of hydrogen-bond donors (Lipinski definition) is 3. The number of aliphatic hydroxyl groups is 2. The third-order valence-corrected chi connectivity index (χ3v) is 9.35. The maximum Gasteiger partial charge on any atom is 0.282 e. The van der Waals surface area contributed by atoms with Gasteiger partial charge in [-0.05, 0) is 31.2 Å². The molecule has 12 nitrogen and oxygen atoms in total. The highest BCUT2D eigenvalue weighted by Gasteiger charge is 2.57. The molecule has 3 N–H and O–H groups in total. The molecule has 2 unspecified atom stereocenters. The van der Waals surface area contributed by atoms with Gasteiger partial charge in [0.15, 0.2) is 6.10 Å². The number of aromatic amines is 1. The van der Waals surface area contributed by atoms with Crippen molar-refractivity contribution >= 4 is 33.0 Å². The van der Waals surface area contributed by atoms with Gasteiger partial charge in [0.05, 0.1) is 17.5 Å².